The maximum Gasteiger partial charge on any atom is 0.491 e. The molecule has 5 heterocycles. The number of quaternary nitrogens is 1. The van der Waals surface area contributed by atoms with E-state index in [1.807, 2.05) is 70.3 Å². The fourth-order valence-corrected chi connectivity index (χ4v) is 15.3. The molecule has 2 saturated heterocycles. The third-order valence-electron chi connectivity index (χ3n) is 13.4. The van der Waals surface area contributed by atoms with Gasteiger partial charge in [-0.05, 0) is 69.5 Å². The molecule has 3 aliphatic rings. The molecule has 2 aromatic heterocycles. The highest BCUT2D eigenvalue weighted by Gasteiger charge is 2.65. The molecular weight excluding hydrogens is 890 g/mol. The molecule has 3 aliphatic heterocycles. The number of fused-ring (bicyclic) bond motifs is 2. The molecule has 0 spiro atoms. The first-order chi connectivity index (χ1) is 31.4. The zero-order chi connectivity index (χ0) is 47.3. The average molecular weight is 955 g/mol. The SMILES string of the molecule is C1CCC2=NCCC[NH+]2CC1.CC(C)(C)[Si](C)(C)O[C@@H]1[C@@H](CO[Si](c2ccccc2)(c2ccccc2)C(C)(C)C)O[C@@H](n2cnc3c(NC(=O)c4ccccc4)ncnc32)[C@@]1(O)O[P+](=O)[O-]. The van der Waals surface area contributed by atoms with E-state index in [1.54, 1.807) is 35.2 Å². The molecule has 8 rings (SSSR count). The van der Waals surface area contributed by atoms with Crippen LogP contribution < -0.4 is 25.5 Å². The second-order valence-electron chi connectivity index (χ2n) is 19.8. The van der Waals surface area contributed by atoms with Gasteiger partial charge in [0.2, 0.25) is 0 Å². The number of aliphatic imine (C=N–C) groups is 1. The lowest BCUT2D eigenvalue weighted by atomic mass is 10.1. The van der Waals surface area contributed by atoms with Crippen molar-refractivity contribution in [1.29, 1.82) is 0 Å². The molecule has 15 nitrogen and oxygen atoms in total. The van der Waals surface area contributed by atoms with E-state index in [2.05, 4.69) is 70.3 Å². The van der Waals surface area contributed by atoms with Gasteiger partial charge in [0.1, 0.15) is 18.5 Å². The number of carbonyl (C=O) groups is 1. The van der Waals surface area contributed by atoms with Crippen molar-refractivity contribution in [1.82, 2.24) is 19.5 Å². The molecule has 2 fully saturated rings. The van der Waals surface area contributed by atoms with Crippen LogP contribution in [0, 0.1) is 0 Å². The molecule has 0 saturated carbocycles. The van der Waals surface area contributed by atoms with Gasteiger partial charge in [-0.1, -0.05) is 120 Å². The second-order valence-corrected chi connectivity index (χ2v) is 29.5. The zero-order valence-corrected chi connectivity index (χ0v) is 42.3. The van der Waals surface area contributed by atoms with E-state index in [9.17, 15) is 19.4 Å². The van der Waals surface area contributed by atoms with E-state index in [0.717, 1.165) is 16.9 Å². The monoisotopic (exact) mass is 954 g/mol. The Kier molecular flexibility index (Phi) is 15.3. The first kappa shape index (κ1) is 49.5. The quantitative estimate of drug-likeness (QED) is 0.0767. The number of carbonyl (C=O) groups excluding carboxylic acids is 1. The van der Waals surface area contributed by atoms with Gasteiger partial charge >= 0.3 is 8.25 Å². The van der Waals surface area contributed by atoms with Crippen LogP contribution in [0.5, 0.6) is 0 Å². The van der Waals surface area contributed by atoms with Gasteiger partial charge in [0.25, 0.3) is 20.0 Å². The number of aromatic nitrogens is 4. The Hall–Kier alpha value is -4.40. The topological polar surface area (TPSA) is 187 Å². The number of rotatable bonds is 12. The summed E-state index contributed by atoms with van der Waals surface area (Å²) < 4.78 is 40.2. The zero-order valence-electron chi connectivity index (χ0n) is 39.4. The fourth-order valence-electron chi connectivity index (χ4n) is 8.95. The number of nitrogens with one attached hydrogen (secondary N) is 2. The molecular formula is C48H65N7O8PSi2+. The minimum absolute atomic E-state index is 0.0929. The summed E-state index contributed by atoms with van der Waals surface area (Å²) in [6, 6.07) is 28.8. The predicted octanol–water partition coefficient (Wildman–Crippen LogP) is 5.91. The first-order valence-electron chi connectivity index (χ1n) is 22.9. The number of amides is 1. The van der Waals surface area contributed by atoms with Crippen molar-refractivity contribution in [3.05, 3.63) is 109 Å². The summed E-state index contributed by atoms with van der Waals surface area (Å²) in [7, 11) is -9.56. The molecule has 3 aromatic carbocycles. The summed E-state index contributed by atoms with van der Waals surface area (Å²) >= 11 is 0. The van der Waals surface area contributed by atoms with Crippen molar-refractivity contribution in [2.75, 3.05) is 31.6 Å². The van der Waals surface area contributed by atoms with Gasteiger partial charge in [-0.3, -0.25) is 14.3 Å². The molecule has 0 aliphatic carbocycles. The Balaban J connectivity index is 0.000000511. The lowest BCUT2D eigenvalue weighted by Crippen LogP contribution is -3.15. The maximum absolute atomic E-state index is 13.1. The smallest absolute Gasteiger partial charge is 0.491 e. The van der Waals surface area contributed by atoms with Crippen LogP contribution in [0.3, 0.4) is 0 Å². The third-order valence-corrected chi connectivity index (χ3v) is 23.3. The molecule has 6 atom stereocenters. The molecule has 1 amide bonds. The van der Waals surface area contributed by atoms with Crippen molar-refractivity contribution in [2.24, 2.45) is 4.99 Å². The van der Waals surface area contributed by atoms with Gasteiger partial charge in [-0.25, -0.2) is 19.9 Å². The summed E-state index contributed by atoms with van der Waals surface area (Å²) in [4.78, 5) is 45.0. The summed E-state index contributed by atoms with van der Waals surface area (Å²) in [5.41, 5.74) is 0.730. The Labute approximate surface area is 391 Å². The molecule has 3 N–H and O–H groups in total. The molecule has 2 unspecified atom stereocenters. The molecule has 66 heavy (non-hydrogen) atoms. The minimum atomic E-state index is -3.64. The summed E-state index contributed by atoms with van der Waals surface area (Å²) in [6.45, 7) is 20.3. The van der Waals surface area contributed by atoms with Crippen LogP contribution in [-0.4, -0.2) is 97.2 Å². The fraction of sp³-hybridized carbons (Fsp3) is 0.479. The second kappa shape index (κ2) is 20.5. The number of ether oxygens (including phenoxy) is 1. The molecule has 352 valence electrons. The van der Waals surface area contributed by atoms with Crippen LogP contribution in [0.15, 0.2) is 109 Å². The van der Waals surface area contributed by atoms with Crippen LogP contribution in [0.1, 0.15) is 90.2 Å². The summed E-state index contributed by atoms with van der Waals surface area (Å²) in [6.07, 6.45) is 5.42. The van der Waals surface area contributed by atoms with Gasteiger partial charge in [0.05, 0.1) is 26.0 Å². The van der Waals surface area contributed by atoms with E-state index in [1.165, 1.54) is 68.3 Å². The average Bonchev–Trinajstić information content (AvgIpc) is 3.71. The van der Waals surface area contributed by atoms with Gasteiger partial charge in [-0.2, -0.15) is 0 Å². The van der Waals surface area contributed by atoms with Gasteiger partial charge < -0.3 is 28.9 Å². The van der Waals surface area contributed by atoms with Crippen LogP contribution in [-0.2, 0) is 22.7 Å². The maximum atomic E-state index is 13.1. The van der Waals surface area contributed by atoms with Crippen molar-refractivity contribution in [3.63, 3.8) is 0 Å². The first-order valence-corrected chi connectivity index (χ1v) is 28.8. The minimum Gasteiger partial charge on any atom is -0.566 e. The largest absolute Gasteiger partial charge is 0.566 e. The van der Waals surface area contributed by atoms with Crippen molar-refractivity contribution in [3.8, 4) is 0 Å². The number of benzene rings is 3. The molecule has 5 aromatic rings. The Morgan fingerprint density at radius 2 is 1.52 bits per heavy atom. The Bertz CT molecular complexity index is 2430. The van der Waals surface area contributed by atoms with E-state index in [-0.39, 0.29) is 28.6 Å². The van der Waals surface area contributed by atoms with E-state index in [0.29, 0.717) is 5.56 Å². The predicted molar refractivity (Wildman–Crippen MR) is 259 cm³/mol. The molecule has 18 heteroatoms. The van der Waals surface area contributed by atoms with Crippen molar-refractivity contribution < 1.29 is 42.4 Å². The highest BCUT2D eigenvalue weighted by atomic mass is 31.1. The van der Waals surface area contributed by atoms with Crippen LogP contribution in [0.2, 0.25) is 23.2 Å². The standard InChI is InChI=1S/C39H48N5O8PSi2.C9H16N2/c1-37(2,3)54(7,8)51-32-30(24-49-55(38(4,5)6,28-20-14-10-15-21-28)29-22-16-11-17-23-29)50-36(39(32,46)52-53(47)48)44-26-42-31-33(40-25-41-34(31)44)43-35(45)27-18-12-9-13-19-27;1-2-5-9-10-6-4-8-11(9)7-3-1/h9-23,25-26,30,32,36,46H,24H2,1-8H3,(H,40,41,43,45);1-8H2/p+1/t30-,32-,36-,39+;/m1./s1. The van der Waals surface area contributed by atoms with E-state index < -0.39 is 60.1 Å². The normalized spacial score (nSPS) is 22.9. The number of amidine groups is 1. The lowest BCUT2D eigenvalue weighted by Gasteiger charge is -2.44. The number of hydrogen-bond acceptors (Lipinski definition) is 12. The Morgan fingerprint density at radius 1 is 0.894 bits per heavy atom. The highest BCUT2D eigenvalue weighted by Crippen LogP contribution is 2.49. The van der Waals surface area contributed by atoms with E-state index >= 15 is 0 Å². The third kappa shape index (κ3) is 10.5. The molecule has 0 bridgehead atoms. The van der Waals surface area contributed by atoms with Crippen molar-refractivity contribution >= 4 is 64.0 Å². The van der Waals surface area contributed by atoms with E-state index in [4.69, 9.17) is 18.1 Å². The Morgan fingerprint density at radius 3 is 2.12 bits per heavy atom. The number of hydrogen-bond donors (Lipinski definition) is 3. The summed E-state index contributed by atoms with van der Waals surface area (Å²) in [5, 5.41) is 16.7. The number of imidazole rings is 1. The van der Waals surface area contributed by atoms with Crippen LogP contribution in [0.4, 0.5) is 5.82 Å². The van der Waals surface area contributed by atoms with Crippen LogP contribution in [0.25, 0.3) is 11.2 Å². The lowest BCUT2D eigenvalue weighted by molar-refractivity contribution is -0.809. The number of nitrogens with zero attached hydrogens (tertiary/aromatic N) is 5. The highest BCUT2D eigenvalue weighted by molar-refractivity contribution is 7.30. The van der Waals surface area contributed by atoms with Crippen LogP contribution >= 0.6 is 8.25 Å². The van der Waals surface area contributed by atoms with Crippen molar-refractivity contribution in [2.45, 2.75) is 121 Å². The van der Waals surface area contributed by atoms with Gasteiger partial charge in [0.15, 0.2) is 37.4 Å². The molecule has 0 radical (unpaired) electrons. The van der Waals surface area contributed by atoms with Gasteiger partial charge in [-0.15, -0.1) is 4.52 Å². The number of aliphatic hydroxyl groups is 1. The van der Waals surface area contributed by atoms with Gasteiger partial charge in [0, 0.05) is 24.9 Å². The summed E-state index contributed by atoms with van der Waals surface area (Å²) in [5.74, 6) is -1.43. The number of anilines is 1.